The van der Waals surface area contributed by atoms with Crippen molar-refractivity contribution in [3.63, 3.8) is 0 Å². The number of carbonyl (C=O) groups excluding carboxylic acids is 4. The van der Waals surface area contributed by atoms with Crippen LogP contribution < -0.4 is 10.6 Å². The second kappa shape index (κ2) is 8.53. The standard InChI is InChI=1S/C25H24Cl2N4O4/c1-30-23(35)29-21(33)24(30)10-16-7-8-19(9-17(16)11-24)28-20(32)14-31-13-18(12-25(26,27)22(31)34)15-5-3-2-4-6-15/h2-9,18H,10-14H2,1H3,(H,28,32)(H,29,33,35)/t18-,24+/m1/s1. The Labute approximate surface area is 212 Å². The van der Waals surface area contributed by atoms with Crippen molar-refractivity contribution < 1.29 is 19.2 Å². The summed E-state index contributed by atoms with van der Waals surface area (Å²) in [7, 11) is 1.61. The van der Waals surface area contributed by atoms with Gasteiger partial charge in [-0.2, -0.15) is 0 Å². The van der Waals surface area contributed by atoms with Crippen LogP contribution in [0.4, 0.5) is 10.5 Å². The molecule has 5 rings (SSSR count). The minimum Gasteiger partial charge on any atom is -0.330 e. The predicted octanol–water partition coefficient (Wildman–Crippen LogP) is 2.83. The molecule has 0 aromatic heterocycles. The van der Waals surface area contributed by atoms with Crippen LogP contribution in [-0.4, -0.2) is 63.6 Å². The number of likely N-dealkylation sites (N-methyl/N-ethyl adjacent to an activating group) is 1. The SMILES string of the molecule is CN1C(=O)NC(=O)[C@@]12Cc1ccc(NC(=O)CN3C[C@H](c4ccccc4)CC(Cl)(Cl)C3=O)cc1C2. The van der Waals surface area contributed by atoms with Gasteiger partial charge in [0.2, 0.25) is 5.91 Å². The zero-order valence-corrected chi connectivity index (χ0v) is 20.5. The van der Waals surface area contributed by atoms with Crippen molar-refractivity contribution in [3.8, 4) is 0 Å². The quantitative estimate of drug-likeness (QED) is 0.484. The lowest BCUT2D eigenvalue weighted by Gasteiger charge is -2.38. The van der Waals surface area contributed by atoms with Crippen molar-refractivity contribution >= 4 is 52.6 Å². The molecule has 1 aliphatic carbocycles. The largest absolute Gasteiger partial charge is 0.330 e. The van der Waals surface area contributed by atoms with E-state index in [1.165, 1.54) is 9.80 Å². The van der Waals surface area contributed by atoms with Crippen LogP contribution in [0.1, 0.15) is 29.0 Å². The van der Waals surface area contributed by atoms with E-state index in [0.29, 0.717) is 25.1 Å². The van der Waals surface area contributed by atoms with Gasteiger partial charge in [-0.15, -0.1) is 0 Å². The van der Waals surface area contributed by atoms with Crippen LogP contribution in [0.2, 0.25) is 0 Å². The molecule has 2 N–H and O–H groups in total. The fourth-order valence-electron chi connectivity index (χ4n) is 5.28. The molecule has 2 aromatic rings. The smallest absolute Gasteiger partial charge is 0.324 e. The minimum absolute atomic E-state index is 0.0925. The highest BCUT2D eigenvalue weighted by molar-refractivity contribution is 6.58. The number of benzene rings is 2. The molecule has 35 heavy (non-hydrogen) atoms. The average molecular weight is 515 g/mol. The van der Waals surface area contributed by atoms with E-state index in [1.54, 1.807) is 13.1 Å². The minimum atomic E-state index is -1.60. The lowest BCUT2D eigenvalue weighted by Crippen LogP contribution is -2.52. The van der Waals surface area contributed by atoms with Gasteiger partial charge in [0.05, 0.1) is 6.54 Å². The Hall–Kier alpha value is -3.10. The van der Waals surface area contributed by atoms with Crippen LogP contribution in [0.15, 0.2) is 48.5 Å². The third-order valence-electron chi connectivity index (χ3n) is 7.19. The highest BCUT2D eigenvalue weighted by atomic mass is 35.5. The topological polar surface area (TPSA) is 98.8 Å². The molecule has 8 nitrogen and oxygen atoms in total. The molecule has 2 atom stereocenters. The van der Waals surface area contributed by atoms with Gasteiger partial charge in [-0.05, 0) is 35.2 Å². The summed E-state index contributed by atoms with van der Waals surface area (Å²) in [5.41, 5.74) is 2.45. The summed E-state index contributed by atoms with van der Waals surface area (Å²) in [6, 6.07) is 14.6. The van der Waals surface area contributed by atoms with E-state index in [1.807, 2.05) is 42.5 Å². The number of anilines is 1. The summed E-state index contributed by atoms with van der Waals surface area (Å²) >= 11 is 12.7. The van der Waals surface area contributed by atoms with Gasteiger partial charge in [-0.1, -0.05) is 59.6 Å². The number of halogens is 2. The van der Waals surface area contributed by atoms with Crippen LogP contribution in [0, 0.1) is 0 Å². The number of fused-ring (bicyclic) bond motifs is 1. The second-order valence-corrected chi connectivity index (χ2v) is 10.9. The van der Waals surface area contributed by atoms with Gasteiger partial charge in [0.1, 0.15) is 5.54 Å². The molecule has 0 unspecified atom stereocenters. The molecule has 3 aliphatic rings. The number of piperidine rings is 1. The first-order valence-electron chi connectivity index (χ1n) is 11.3. The Bertz CT molecular complexity index is 1240. The molecular weight excluding hydrogens is 491 g/mol. The normalized spacial score (nSPS) is 25.1. The lowest BCUT2D eigenvalue weighted by molar-refractivity contribution is -0.137. The number of likely N-dealkylation sites (tertiary alicyclic amines) is 1. The van der Waals surface area contributed by atoms with Crippen molar-refractivity contribution in [1.29, 1.82) is 0 Å². The molecule has 0 saturated carbocycles. The van der Waals surface area contributed by atoms with Gasteiger partial charge in [-0.3, -0.25) is 19.7 Å². The van der Waals surface area contributed by atoms with Gasteiger partial charge in [0.15, 0.2) is 4.33 Å². The van der Waals surface area contributed by atoms with Gasteiger partial charge in [0, 0.05) is 38.0 Å². The highest BCUT2D eigenvalue weighted by Crippen LogP contribution is 2.41. The molecule has 2 fully saturated rings. The van der Waals surface area contributed by atoms with Gasteiger partial charge in [-0.25, -0.2) is 4.79 Å². The maximum absolute atomic E-state index is 12.9. The number of imide groups is 1. The van der Waals surface area contributed by atoms with Crippen molar-refractivity contribution in [2.75, 3.05) is 25.5 Å². The molecule has 1 spiro atoms. The zero-order valence-electron chi connectivity index (χ0n) is 19.0. The maximum atomic E-state index is 12.9. The molecule has 2 aromatic carbocycles. The van der Waals surface area contributed by atoms with E-state index in [9.17, 15) is 19.2 Å². The van der Waals surface area contributed by atoms with E-state index in [2.05, 4.69) is 10.6 Å². The van der Waals surface area contributed by atoms with Crippen molar-refractivity contribution in [1.82, 2.24) is 15.1 Å². The summed E-state index contributed by atoms with van der Waals surface area (Å²) in [5, 5.41) is 5.20. The lowest BCUT2D eigenvalue weighted by atomic mass is 9.89. The molecule has 182 valence electrons. The van der Waals surface area contributed by atoms with Crippen LogP contribution >= 0.6 is 23.2 Å². The molecule has 0 bridgehead atoms. The summed E-state index contributed by atoms with van der Waals surface area (Å²) in [5.74, 6) is -1.27. The van der Waals surface area contributed by atoms with Gasteiger partial charge >= 0.3 is 6.03 Å². The Balaban J connectivity index is 1.28. The monoisotopic (exact) mass is 514 g/mol. The van der Waals surface area contributed by atoms with Crippen LogP contribution in [0.5, 0.6) is 0 Å². The number of nitrogens with one attached hydrogen (secondary N) is 2. The van der Waals surface area contributed by atoms with E-state index in [-0.39, 0.29) is 30.7 Å². The maximum Gasteiger partial charge on any atom is 0.324 e. The Morgan fingerprint density at radius 1 is 1.09 bits per heavy atom. The molecule has 2 saturated heterocycles. The number of urea groups is 1. The van der Waals surface area contributed by atoms with E-state index < -0.39 is 21.8 Å². The van der Waals surface area contributed by atoms with Crippen LogP contribution in [-0.2, 0) is 27.2 Å². The van der Waals surface area contributed by atoms with Crippen molar-refractivity contribution in [2.45, 2.75) is 35.1 Å². The van der Waals surface area contributed by atoms with E-state index >= 15 is 0 Å². The highest BCUT2D eigenvalue weighted by Gasteiger charge is 2.54. The van der Waals surface area contributed by atoms with Crippen LogP contribution in [0.3, 0.4) is 0 Å². The summed E-state index contributed by atoms with van der Waals surface area (Å²) in [6.45, 7) is 0.143. The first kappa shape index (κ1) is 23.6. The zero-order chi connectivity index (χ0) is 25.0. The molecule has 0 radical (unpaired) electrons. The number of nitrogens with zero attached hydrogens (tertiary/aromatic N) is 2. The van der Waals surface area contributed by atoms with E-state index in [0.717, 1.165) is 16.7 Å². The van der Waals surface area contributed by atoms with Gasteiger partial charge < -0.3 is 15.1 Å². The Morgan fingerprint density at radius 3 is 2.49 bits per heavy atom. The Kier molecular flexibility index (Phi) is 5.76. The van der Waals surface area contributed by atoms with Crippen LogP contribution in [0.25, 0.3) is 0 Å². The average Bonchev–Trinajstić information content (AvgIpc) is 3.30. The number of alkyl halides is 2. The summed E-state index contributed by atoms with van der Waals surface area (Å²) in [6.07, 6.45) is 1.06. The third kappa shape index (κ3) is 4.15. The number of rotatable bonds is 4. The number of hydrogen-bond donors (Lipinski definition) is 2. The van der Waals surface area contributed by atoms with Crippen molar-refractivity contribution in [3.05, 3.63) is 65.2 Å². The van der Waals surface area contributed by atoms with Crippen molar-refractivity contribution in [2.24, 2.45) is 0 Å². The molecule has 10 heteroatoms. The molecule has 5 amide bonds. The second-order valence-electron chi connectivity index (χ2n) is 9.44. The summed E-state index contributed by atoms with van der Waals surface area (Å²) in [4.78, 5) is 53.0. The number of hydrogen-bond acceptors (Lipinski definition) is 4. The fourth-order valence-corrected chi connectivity index (χ4v) is 5.89. The molecular formula is C25H24Cl2N4O4. The third-order valence-corrected chi connectivity index (χ3v) is 7.83. The van der Waals surface area contributed by atoms with E-state index in [4.69, 9.17) is 23.2 Å². The molecule has 2 heterocycles. The van der Waals surface area contributed by atoms with Gasteiger partial charge in [0.25, 0.3) is 11.8 Å². The number of carbonyl (C=O) groups is 4. The first-order valence-corrected chi connectivity index (χ1v) is 12.1. The first-order chi connectivity index (χ1) is 16.6. The fraction of sp³-hybridized carbons (Fsp3) is 0.360. The number of amides is 5. The summed E-state index contributed by atoms with van der Waals surface area (Å²) < 4.78 is -1.60. The predicted molar refractivity (Wildman–Crippen MR) is 131 cm³/mol. The Morgan fingerprint density at radius 2 is 1.80 bits per heavy atom. The molecule has 2 aliphatic heterocycles.